The lowest BCUT2D eigenvalue weighted by molar-refractivity contribution is 0.102. The molecule has 1 amide bonds. The number of carbonyl (C=O) groups excluding carboxylic acids is 1. The van der Waals surface area contributed by atoms with Crippen molar-refractivity contribution < 1.29 is 9.53 Å². The van der Waals surface area contributed by atoms with Crippen LogP contribution in [0.15, 0.2) is 60.8 Å². The average Bonchev–Trinajstić information content (AvgIpc) is 2.69. The lowest BCUT2D eigenvalue weighted by Crippen LogP contribution is -2.14. The van der Waals surface area contributed by atoms with Gasteiger partial charge in [0.2, 0.25) is 5.95 Å². The van der Waals surface area contributed by atoms with E-state index in [1.54, 1.807) is 24.3 Å². The van der Waals surface area contributed by atoms with Gasteiger partial charge < -0.3 is 15.4 Å². The van der Waals surface area contributed by atoms with E-state index in [2.05, 4.69) is 20.6 Å². The third-order valence-electron chi connectivity index (χ3n) is 3.62. The molecule has 2 N–H and O–H groups in total. The molecule has 7 nitrogen and oxygen atoms in total. The molecule has 0 aliphatic rings. The standard InChI is InChI=1S/C21H19N5O2/c1-14(2)28-18-8-6-16(7-9-18)25-21-23-11-10-19(26-21)20(27)24-17-5-3-4-15(12-17)13-22/h3-12,14H,1-2H3,(H,24,27)(H,23,25,26). The SMILES string of the molecule is CC(C)Oc1ccc(Nc2nccc(C(=O)Nc3cccc(C#N)c3)n2)cc1. The molecule has 140 valence electrons. The Kier molecular flexibility index (Phi) is 5.82. The molecular formula is C21H19N5O2. The highest BCUT2D eigenvalue weighted by molar-refractivity contribution is 6.03. The van der Waals surface area contributed by atoms with Crippen LogP contribution in [0.25, 0.3) is 0 Å². The Morgan fingerprint density at radius 3 is 2.61 bits per heavy atom. The fourth-order valence-electron chi connectivity index (χ4n) is 2.43. The van der Waals surface area contributed by atoms with Gasteiger partial charge in [-0.2, -0.15) is 5.26 Å². The zero-order valence-electron chi connectivity index (χ0n) is 15.5. The summed E-state index contributed by atoms with van der Waals surface area (Å²) in [5.41, 5.74) is 1.97. The van der Waals surface area contributed by atoms with E-state index in [1.807, 2.05) is 44.2 Å². The van der Waals surface area contributed by atoms with Gasteiger partial charge in [0.1, 0.15) is 11.4 Å². The van der Waals surface area contributed by atoms with Crippen LogP contribution in [-0.4, -0.2) is 22.0 Å². The summed E-state index contributed by atoms with van der Waals surface area (Å²) in [7, 11) is 0. The minimum atomic E-state index is -0.388. The normalized spacial score (nSPS) is 10.2. The van der Waals surface area contributed by atoms with Gasteiger partial charge in [0.05, 0.1) is 17.7 Å². The maximum Gasteiger partial charge on any atom is 0.274 e. The van der Waals surface area contributed by atoms with Crippen LogP contribution >= 0.6 is 0 Å². The number of hydrogen-bond acceptors (Lipinski definition) is 6. The van der Waals surface area contributed by atoms with Gasteiger partial charge in [-0.3, -0.25) is 4.79 Å². The number of aromatic nitrogens is 2. The van der Waals surface area contributed by atoms with Crippen molar-refractivity contribution in [2.75, 3.05) is 10.6 Å². The van der Waals surface area contributed by atoms with Gasteiger partial charge in [-0.25, -0.2) is 9.97 Å². The van der Waals surface area contributed by atoms with Crippen molar-refractivity contribution in [2.45, 2.75) is 20.0 Å². The summed E-state index contributed by atoms with van der Waals surface area (Å²) >= 11 is 0. The lowest BCUT2D eigenvalue weighted by Gasteiger charge is -2.11. The number of anilines is 3. The molecule has 0 bridgehead atoms. The summed E-state index contributed by atoms with van der Waals surface area (Å²) in [6.07, 6.45) is 1.61. The Balaban J connectivity index is 1.69. The molecule has 1 heterocycles. The molecular weight excluding hydrogens is 354 g/mol. The summed E-state index contributed by atoms with van der Waals surface area (Å²) in [5, 5.41) is 14.7. The van der Waals surface area contributed by atoms with Gasteiger partial charge >= 0.3 is 0 Å². The molecule has 3 rings (SSSR count). The van der Waals surface area contributed by atoms with Crippen molar-refractivity contribution in [2.24, 2.45) is 0 Å². The summed E-state index contributed by atoms with van der Waals surface area (Å²) in [4.78, 5) is 20.8. The number of rotatable bonds is 6. The third kappa shape index (κ3) is 5.05. The monoisotopic (exact) mass is 373 g/mol. The second-order valence-electron chi connectivity index (χ2n) is 6.23. The maximum absolute atomic E-state index is 12.4. The largest absolute Gasteiger partial charge is 0.491 e. The fraction of sp³-hybridized carbons (Fsp3) is 0.143. The number of benzene rings is 2. The maximum atomic E-state index is 12.4. The predicted octanol–water partition coefficient (Wildman–Crippen LogP) is 4.13. The Labute approximate surface area is 163 Å². The van der Waals surface area contributed by atoms with E-state index in [1.165, 1.54) is 12.3 Å². The number of carbonyl (C=O) groups is 1. The van der Waals surface area contributed by atoms with Crippen LogP contribution in [-0.2, 0) is 0 Å². The van der Waals surface area contributed by atoms with E-state index in [0.717, 1.165) is 11.4 Å². The molecule has 0 aliphatic heterocycles. The van der Waals surface area contributed by atoms with Crippen LogP contribution in [0.4, 0.5) is 17.3 Å². The molecule has 3 aromatic rings. The summed E-state index contributed by atoms with van der Waals surface area (Å²) in [6, 6.07) is 17.6. The number of nitriles is 1. The van der Waals surface area contributed by atoms with E-state index < -0.39 is 0 Å². The highest BCUT2D eigenvalue weighted by Gasteiger charge is 2.10. The lowest BCUT2D eigenvalue weighted by atomic mass is 10.2. The van der Waals surface area contributed by atoms with Gasteiger partial charge in [0, 0.05) is 17.6 Å². The van der Waals surface area contributed by atoms with Gasteiger partial charge in [-0.1, -0.05) is 6.07 Å². The van der Waals surface area contributed by atoms with Crippen LogP contribution in [0.5, 0.6) is 5.75 Å². The summed E-state index contributed by atoms with van der Waals surface area (Å²) < 4.78 is 5.61. The zero-order valence-corrected chi connectivity index (χ0v) is 15.5. The number of nitrogens with zero attached hydrogens (tertiary/aromatic N) is 3. The van der Waals surface area contributed by atoms with Crippen molar-refractivity contribution >= 4 is 23.2 Å². The van der Waals surface area contributed by atoms with Crippen molar-refractivity contribution in [1.29, 1.82) is 5.26 Å². The van der Waals surface area contributed by atoms with Crippen LogP contribution in [0.1, 0.15) is 29.9 Å². The first-order chi connectivity index (χ1) is 13.5. The van der Waals surface area contributed by atoms with E-state index in [4.69, 9.17) is 10.00 Å². The molecule has 1 aromatic heterocycles. The molecule has 0 fully saturated rings. The van der Waals surface area contributed by atoms with Gasteiger partial charge in [0.25, 0.3) is 5.91 Å². The summed E-state index contributed by atoms with van der Waals surface area (Å²) in [6.45, 7) is 3.93. The van der Waals surface area contributed by atoms with Crippen molar-refractivity contribution in [3.63, 3.8) is 0 Å². The molecule has 0 atom stereocenters. The summed E-state index contributed by atoms with van der Waals surface area (Å²) in [5.74, 6) is 0.686. The van der Waals surface area contributed by atoms with Crippen molar-refractivity contribution in [3.8, 4) is 11.8 Å². The molecule has 0 saturated heterocycles. The van der Waals surface area contributed by atoms with E-state index in [9.17, 15) is 4.79 Å². The van der Waals surface area contributed by atoms with Crippen LogP contribution in [0.3, 0.4) is 0 Å². The topological polar surface area (TPSA) is 99.9 Å². The van der Waals surface area contributed by atoms with Crippen molar-refractivity contribution in [1.82, 2.24) is 9.97 Å². The van der Waals surface area contributed by atoms with Crippen LogP contribution in [0.2, 0.25) is 0 Å². The molecule has 2 aromatic carbocycles. The minimum absolute atomic E-state index is 0.103. The minimum Gasteiger partial charge on any atom is -0.491 e. The van der Waals surface area contributed by atoms with E-state index in [-0.39, 0.29) is 17.7 Å². The molecule has 28 heavy (non-hydrogen) atoms. The Hall–Kier alpha value is -3.92. The van der Waals surface area contributed by atoms with Gasteiger partial charge in [-0.05, 0) is 62.4 Å². The van der Waals surface area contributed by atoms with Gasteiger partial charge in [0.15, 0.2) is 0 Å². The van der Waals surface area contributed by atoms with Crippen molar-refractivity contribution in [3.05, 3.63) is 72.1 Å². The molecule has 0 saturated carbocycles. The second kappa shape index (κ2) is 8.64. The number of ether oxygens (including phenoxy) is 1. The van der Waals surface area contributed by atoms with Crippen LogP contribution < -0.4 is 15.4 Å². The molecule has 0 radical (unpaired) electrons. The Bertz CT molecular complexity index is 1010. The van der Waals surface area contributed by atoms with Gasteiger partial charge in [-0.15, -0.1) is 0 Å². The molecule has 0 unspecified atom stereocenters. The smallest absolute Gasteiger partial charge is 0.274 e. The molecule has 0 aliphatic carbocycles. The number of nitrogens with one attached hydrogen (secondary N) is 2. The van der Waals surface area contributed by atoms with E-state index in [0.29, 0.717) is 17.2 Å². The zero-order chi connectivity index (χ0) is 19.9. The molecule has 7 heteroatoms. The third-order valence-corrected chi connectivity index (χ3v) is 3.62. The predicted molar refractivity (Wildman–Crippen MR) is 107 cm³/mol. The average molecular weight is 373 g/mol. The quantitative estimate of drug-likeness (QED) is 0.674. The highest BCUT2D eigenvalue weighted by Crippen LogP contribution is 2.19. The Morgan fingerprint density at radius 2 is 1.89 bits per heavy atom. The Morgan fingerprint density at radius 1 is 1.11 bits per heavy atom. The first-order valence-corrected chi connectivity index (χ1v) is 8.72. The molecule has 0 spiro atoms. The first kappa shape index (κ1) is 18.9. The number of amides is 1. The van der Waals surface area contributed by atoms with E-state index >= 15 is 0 Å². The first-order valence-electron chi connectivity index (χ1n) is 8.72. The highest BCUT2D eigenvalue weighted by atomic mass is 16.5. The van der Waals surface area contributed by atoms with Crippen LogP contribution in [0, 0.1) is 11.3 Å². The number of hydrogen-bond donors (Lipinski definition) is 2. The fourth-order valence-corrected chi connectivity index (χ4v) is 2.43. The second-order valence-corrected chi connectivity index (χ2v) is 6.23.